The number of aromatic nitrogens is 3. The van der Waals surface area contributed by atoms with E-state index in [2.05, 4.69) is 38.0 Å². The number of benzene rings is 2. The molecule has 0 radical (unpaired) electrons. The third kappa shape index (κ3) is 4.38. The molecule has 7 nitrogen and oxygen atoms in total. The van der Waals surface area contributed by atoms with Crippen molar-refractivity contribution in [3.05, 3.63) is 57.3 Å². The maximum atomic E-state index is 12.1. The Bertz CT molecular complexity index is 928. The summed E-state index contributed by atoms with van der Waals surface area (Å²) >= 11 is 2.17. The number of nitrogens with one attached hydrogen (secondary N) is 1. The Kier molecular flexibility index (Phi) is 6.28. The van der Waals surface area contributed by atoms with Gasteiger partial charge in [0.1, 0.15) is 12.3 Å². The van der Waals surface area contributed by atoms with Gasteiger partial charge in [-0.25, -0.2) is 4.79 Å². The predicted octanol–water partition coefficient (Wildman–Crippen LogP) is 3.84. The standard InChI is InChI=1S/C19H18IN3O4/c1-3-26-19(24)17-16(21-23-22-17)13-9-14(20)18(15(10-13)25-2)27-11-12-7-5-4-6-8-12/h4-10H,3,11H2,1-2H3,(H,21,22,23). The van der Waals surface area contributed by atoms with Crippen molar-refractivity contribution in [3.63, 3.8) is 0 Å². The van der Waals surface area contributed by atoms with Crippen LogP contribution in [0.25, 0.3) is 11.3 Å². The third-order valence-electron chi connectivity index (χ3n) is 3.75. The molecule has 8 heteroatoms. The van der Waals surface area contributed by atoms with Gasteiger partial charge in [0, 0.05) is 5.56 Å². The van der Waals surface area contributed by atoms with E-state index in [0.29, 0.717) is 29.4 Å². The molecule has 2 aromatic carbocycles. The van der Waals surface area contributed by atoms with Crippen LogP contribution in [0.5, 0.6) is 11.5 Å². The Morgan fingerprint density at radius 2 is 1.96 bits per heavy atom. The van der Waals surface area contributed by atoms with Crippen molar-refractivity contribution in [1.29, 1.82) is 0 Å². The molecule has 140 valence electrons. The van der Waals surface area contributed by atoms with Crippen molar-refractivity contribution in [3.8, 4) is 22.8 Å². The molecule has 0 saturated carbocycles. The number of aromatic amines is 1. The molecule has 3 aromatic rings. The first kappa shape index (κ1) is 19.2. The molecule has 0 aliphatic carbocycles. The molecule has 0 spiro atoms. The van der Waals surface area contributed by atoms with E-state index in [-0.39, 0.29) is 12.3 Å². The average molecular weight is 479 g/mol. The SMILES string of the molecule is CCOC(=O)c1n[nH]nc1-c1cc(I)c(OCc2ccccc2)c(OC)c1. The van der Waals surface area contributed by atoms with E-state index in [9.17, 15) is 4.79 Å². The van der Waals surface area contributed by atoms with Crippen LogP contribution in [-0.2, 0) is 11.3 Å². The zero-order valence-corrected chi connectivity index (χ0v) is 17.0. The number of carbonyl (C=O) groups excluding carboxylic acids is 1. The summed E-state index contributed by atoms with van der Waals surface area (Å²) in [6.07, 6.45) is 0. The number of nitrogens with zero attached hydrogens (tertiary/aromatic N) is 2. The number of esters is 1. The predicted molar refractivity (Wildman–Crippen MR) is 108 cm³/mol. The molecule has 1 N–H and O–H groups in total. The Labute approximate surface area is 170 Å². The quantitative estimate of drug-likeness (QED) is 0.410. The van der Waals surface area contributed by atoms with Gasteiger partial charge in [0.15, 0.2) is 17.2 Å². The van der Waals surface area contributed by atoms with Crippen LogP contribution in [0.15, 0.2) is 42.5 Å². The zero-order valence-electron chi connectivity index (χ0n) is 14.9. The van der Waals surface area contributed by atoms with Crippen LogP contribution >= 0.6 is 22.6 Å². The summed E-state index contributed by atoms with van der Waals surface area (Å²) in [6, 6.07) is 13.5. The fourth-order valence-electron chi connectivity index (χ4n) is 2.50. The van der Waals surface area contributed by atoms with Crippen molar-refractivity contribution in [2.24, 2.45) is 0 Å². The van der Waals surface area contributed by atoms with Gasteiger partial charge in [-0.15, -0.1) is 5.10 Å². The van der Waals surface area contributed by atoms with Crippen molar-refractivity contribution in [1.82, 2.24) is 15.4 Å². The minimum Gasteiger partial charge on any atom is -0.493 e. The largest absolute Gasteiger partial charge is 0.493 e. The van der Waals surface area contributed by atoms with Gasteiger partial charge in [0.25, 0.3) is 0 Å². The van der Waals surface area contributed by atoms with Crippen LogP contribution in [-0.4, -0.2) is 35.1 Å². The minimum atomic E-state index is -0.528. The molecule has 1 aromatic heterocycles. The first-order valence-corrected chi connectivity index (χ1v) is 9.34. The Balaban J connectivity index is 1.91. The van der Waals surface area contributed by atoms with Crippen LogP contribution in [0.1, 0.15) is 23.0 Å². The lowest BCUT2D eigenvalue weighted by molar-refractivity contribution is 0.0520. The maximum Gasteiger partial charge on any atom is 0.361 e. The molecule has 0 aliphatic rings. The minimum absolute atomic E-state index is 0.132. The second kappa shape index (κ2) is 8.85. The van der Waals surface area contributed by atoms with Gasteiger partial charge in [-0.3, -0.25) is 0 Å². The highest BCUT2D eigenvalue weighted by atomic mass is 127. The summed E-state index contributed by atoms with van der Waals surface area (Å²) in [5.74, 6) is 0.650. The van der Waals surface area contributed by atoms with E-state index in [1.807, 2.05) is 36.4 Å². The van der Waals surface area contributed by atoms with E-state index >= 15 is 0 Å². The first-order chi connectivity index (χ1) is 13.1. The first-order valence-electron chi connectivity index (χ1n) is 8.26. The maximum absolute atomic E-state index is 12.1. The van der Waals surface area contributed by atoms with E-state index < -0.39 is 5.97 Å². The van der Waals surface area contributed by atoms with Crippen molar-refractivity contribution >= 4 is 28.6 Å². The molecule has 0 amide bonds. The van der Waals surface area contributed by atoms with E-state index in [4.69, 9.17) is 14.2 Å². The van der Waals surface area contributed by atoms with E-state index in [0.717, 1.165) is 9.13 Å². The van der Waals surface area contributed by atoms with Crippen molar-refractivity contribution in [2.45, 2.75) is 13.5 Å². The normalized spacial score (nSPS) is 10.5. The topological polar surface area (TPSA) is 86.3 Å². The van der Waals surface area contributed by atoms with Crippen molar-refractivity contribution in [2.75, 3.05) is 13.7 Å². The highest BCUT2D eigenvalue weighted by Crippen LogP contribution is 2.38. The molecule has 0 unspecified atom stereocenters. The summed E-state index contributed by atoms with van der Waals surface area (Å²) in [6.45, 7) is 2.42. The summed E-state index contributed by atoms with van der Waals surface area (Å²) in [7, 11) is 1.57. The van der Waals surface area contributed by atoms with Crippen LogP contribution in [0.4, 0.5) is 0 Å². The fourth-order valence-corrected chi connectivity index (χ4v) is 3.26. The Morgan fingerprint density at radius 3 is 2.67 bits per heavy atom. The third-order valence-corrected chi connectivity index (χ3v) is 4.55. The molecule has 1 heterocycles. The molecule has 0 bridgehead atoms. The lowest BCUT2D eigenvalue weighted by atomic mass is 10.1. The molecule has 3 rings (SSSR count). The molecular weight excluding hydrogens is 461 g/mol. The summed E-state index contributed by atoms with van der Waals surface area (Å²) in [5, 5.41) is 10.5. The molecular formula is C19H18IN3O4. The van der Waals surface area contributed by atoms with Gasteiger partial charge in [0.05, 0.1) is 17.3 Å². The van der Waals surface area contributed by atoms with Gasteiger partial charge in [-0.1, -0.05) is 30.3 Å². The number of rotatable bonds is 7. The Hall–Kier alpha value is -2.62. The highest BCUT2D eigenvalue weighted by Gasteiger charge is 2.22. The van der Waals surface area contributed by atoms with Gasteiger partial charge in [0.2, 0.25) is 0 Å². The van der Waals surface area contributed by atoms with Crippen LogP contribution in [0.2, 0.25) is 0 Å². The summed E-state index contributed by atoms with van der Waals surface area (Å²) < 4.78 is 17.3. The smallest absolute Gasteiger partial charge is 0.361 e. The molecule has 27 heavy (non-hydrogen) atoms. The van der Waals surface area contributed by atoms with Gasteiger partial charge >= 0.3 is 5.97 Å². The van der Waals surface area contributed by atoms with Gasteiger partial charge in [-0.2, -0.15) is 10.3 Å². The number of halogens is 1. The second-order valence-electron chi connectivity index (χ2n) is 5.51. The Morgan fingerprint density at radius 1 is 1.19 bits per heavy atom. The second-order valence-corrected chi connectivity index (χ2v) is 6.67. The molecule has 0 atom stereocenters. The van der Waals surface area contributed by atoms with Gasteiger partial charge < -0.3 is 14.2 Å². The van der Waals surface area contributed by atoms with Crippen molar-refractivity contribution < 1.29 is 19.0 Å². The molecule has 0 fully saturated rings. The number of carbonyl (C=O) groups is 1. The van der Waals surface area contributed by atoms with E-state index in [1.54, 1.807) is 20.1 Å². The number of H-pyrrole nitrogens is 1. The number of hydrogen-bond acceptors (Lipinski definition) is 6. The molecule has 0 aliphatic heterocycles. The number of methoxy groups -OCH3 is 1. The summed E-state index contributed by atoms with van der Waals surface area (Å²) in [5.41, 5.74) is 2.27. The summed E-state index contributed by atoms with van der Waals surface area (Å²) in [4.78, 5) is 12.1. The lowest BCUT2D eigenvalue weighted by Gasteiger charge is -2.14. The van der Waals surface area contributed by atoms with Crippen LogP contribution in [0.3, 0.4) is 0 Å². The average Bonchev–Trinajstić information content (AvgIpc) is 3.17. The van der Waals surface area contributed by atoms with Gasteiger partial charge in [-0.05, 0) is 47.2 Å². The number of hydrogen-bond donors (Lipinski definition) is 1. The zero-order chi connectivity index (χ0) is 19.2. The lowest BCUT2D eigenvalue weighted by Crippen LogP contribution is -2.07. The number of ether oxygens (including phenoxy) is 3. The van der Waals surface area contributed by atoms with Crippen LogP contribution in [0, 0.1) is 3.57 Å². The highest BCUT2D eigenvalue weighted by molar-refractivity contribution is 14.1. The fraction of sp³-hybridized carbons (Fsp3) is 0.211. The molecule has 0 saturated heterocycles. The monoisotopic (exact) mass is 479 g/mol. The van der Waals surface area contributed by atoms with Crippen LogP contribution < -0.4 is 9.47 Å². The van der Waals surface area contributed by atoms with E-state index in [1.165, 1.54) is 0 Å².